The van der Waals surface area contributed by atoms with Gasteiger partial charge in [-0.25, -0.2) is 19.3 Å². The largest absolute Gasteiger partial charge is 0.491 e. The molecule has 0 saturated heterocycles. The van der Waals surface area contributed by atoms with Gasteiger partial charge in [0.25, 0.3) is 5.56 Å². The lowest BCUT2D eigenvalue weighted by Gasteiger charge is -2.24. The van der Waals surface area contributed by atoms with E-state index in [4.69, 9.17) is 24.3 Å². The molecule has 0 N–H and O–H groups in total. The van der Waals surface area contributed by atoms with Gasteiger partial charge in [-0.1, -0.05) is 41.7 Å². The highest BCUT2D eigenvalue weighted by Crippen LogP contribution is 2.32. The van der Waals surface area contributed by atoms with Crippen LogP contribution in [0.5, 0.6) is 5.75 Å². The van der Waals surface area contributed by atoms with Crippen molar-refractivity contribution in [3.63, 3.8) is 0 Å². The molecular weight excluding hydrogens is 641 g/mol. The number of para-hydroxylation sites is 1. The maximum atomic E-state index is 14.4. The number of rotatable bonds is 9. The predicted molar refractivity (Wildman–Crippen MR) is 188 cm³/mol. The quantitative estimate of drug-likeness (QED) is 0.189. The highest BCUT2D eigenvalue weighted by molar-refractivity contribution is 7.07. The van der Waals surface area contributed by atoms with Crippen molar-refractivity contribution >= 4 is 29.4 Å². The van der Waals surface area contributed by atoms with E-state index in [0.29, 0.717) is 31.9 Å². The first-order valence-electron chi connectivity index (χ1n) is 15.9. The Morgan fingerprint density at radius 2 is 1.73 bits per heavy atom. The lowest BCUT2D eigenvalue weighted by molar-refractivity contribution is -0.139. The predicted octanol–water partition coefficient (Wildman–Crippen LogP) is 5.53. The molecule has 0 bridgehead atoms. The number of ether oxygens (including phenoxy) is 3. The number of benzene rings is 3. The van der Waals surface area contributed by atoms with Gasteiger partial charge >= 0.3 is 11.9 Å². The van der Waals surface area contributed by atoms with Crippen molar-refractivity contribution in [2.24, 2.45) is 4.99 Å². The summed E-state index contributed by atoms with van der Waals surface area (Å²) >= 11 is 1.23. The normalized spacial score (nSPS) is 14.4. The topological polar surface area (TPSA) is 114 Å². The van der Waals surface area contributed by atoms with Gasteiger partial charge in [0.05, 0.1) is 52.9 Å². The number of allylic oxidation sites excluding steroid dienone is 1. The first kappa shape index (κ1) is 33.4. The van der Waals surface area contributed by atoms with Crippen LogP contribution in [0.25, 0.3) is 23.0 Å². The van der Waals surface area contributed by atoms with Gasteiger partial charge in [0.1, 0.15) is 11.4 Å². The Morgan fingerprint density at radius 1 is 1.00 bits per heavy atom. The second-order valence-electron chi connectivity index (χ2n) is 11.8. The number of hydrogen-bond donors (Lipinski definition) is 0. The zero-order valence-corrected chi connectivity index (χ0v) is 28.9. The average molecular weight is 677 g/mol. The van der Waals surface area contributed by atoms with Crippen LogP contribution < -0.4 is 19.6 Å². The summed E-state index contributed by atoms with van der Waals surface area (Å²) in [5.41, 5.74) is 5.46. The van der Waals surface area contributed by atoms with Gasteiger partial charge in [0, 0.05) is 17.3 Å². The number of aromatic nitrogens is 3. The summed E-state index contributed by atoms with van der Waals surface area (Å²) in [7, 11) is 1.31. The summed E-state index contributed by atoms with van der Waals surface area (Å²) in [4.78, 5) is 45.0. The van der Waals surface area contributed by atoms with E-state index in [0.717, 1.165) is 28.1 Å². The van der Waals surface area contributed by atoms with E-state index in [2.05, 4.69) is 0 Å². The standard InChI is InChI=1S/C38H36N4O6S/c1-7-47-37(45)32-24(5)39-38-42(34(32)25-13-15-26(16-14-25)36(44)46-6)35(43)31(49-38)20-28-21-41(29-11-9-8-10-12-29)40-33(28)27-17-18-30(23(4)19-27)48-22(2)3/h8-22,34H,7H2,1-6H3. The van der Waals surface area contributed by atoms with Crippen LogP contribution in [0.15, 0.2) is 100 Å². The molecule has 10 nitrogen and oxygen atoms in total. The van der Waals surface area contributed by atoms with Crippen molar-refractivity contribution in [1.29, 1.82) is 0 Å². The van der Waals surface area contributed by atoms with Gasteiger partial charge in [0.2, 0.25) is 0 Å². The Kier molecular flexibility index (Phi) is 9.46. The van der Waals surface area contributed by atoms with Crippen LogP contribution in [0.4, 0.5) is 0 Å². The van der Waals surface area contributed by atoms with Gasteiger partial charge in [0.15, 0.2) is 4.80 Å². The van der Waals surface area contributed by atoms with Gasteiger partial charge in [-0.2, -0.15) is 5.10 Å². The summed E-state index contributed by atoms with van der Waals surface area (Å²) in [6.07, 6.45) is 3.75. The van der Waals surface area contributed by atoms with Crippen molar-refractivity contribution in [3.05, 3.63) is 132 Å². The van der Waals surface area contributed by atoms with E-state index < -0.39 is 18.0 Å². The molecule has 1 aliphatic rings. The lowest BCUT2D eigenvalue weighted by Crippen LogP contribution is -2.40. The molecule has 0 spiro atoms. The molecular formula is C38H36N4O6S. The third kappa shape index (κ3) is 6.62. The molecule has 0 saturated carbocycles. The summed E-state index contributed by atoms with van der Waals surface area (Å²) in [6.45, 7) is 9.59. The number of fused-ring (bicyclic) bond motifs is 1. The summed E-state index contributed by atoms with van der Waals surface area (Å²) in [5, 5.41) is 4.96. The number of hydrogen-bond acceptors (Lipinski definition) is 9. The zero-order valence-electron chi connectivity index (χ0n) is 28.1. The molecule has 250 valence electrons. The fourth-order valence-corrected chi connectivity index (χ4v) is 6.82. The molecule has 1 aliphatic heterocycles. The first-order chi connectivity index (χ1) is 23.6. The Bertz CT molecular complexity index is 2260. The minimum atomic E-state index is -0.827. The SMILES string of the molecule is CCOC(=O)C1=C(C)N=c2sc(=Cc3cn(-c4ccccc4)nc3-c3ccc(OC(C)C)c(C)c3)c(=O)n2C1c1ccc(C(=O)OC)cc1. The van der Waals surface area contributed by atoms with Gasteiger partial charge < -0.3 is 14.2 Å². The van der Waals surface area contributed by atoms with E-state index in [1.807, 2.05) is 81.6 Å². The van der Waals surface area contributed by atoms with Crippen molar-refractivity contribution < 1.29 is 23.8 Å². The Labute approximate surface area is 287 Å². The van der Waals surface area contributed by atoms with Crippen molar-refractivity contribution in [1.82, 2.24) is 14.3 Å². The maximum Gasteiger partial charge on any atom is 0.338 e. The molecule has 3 heterocycles. The Balaban J connectivity index is 1.53. The molecule has 1 atom stereocenters. The first-order valence-corrected chi connectivity index (χ1v) is 16.7. The van der Waals surface area contributed by atoms with Gasteiger partial charge in [-0.15, -0.1) is 0 Å². The molecule has 1 unspecified atom stereocenters. The van der Waals surface area contributed by atoms with Crippen LogP contribution in [0.2, 0.25) is 0 Å². The number of aryl methyl sites for hydroxylation is 1. The van der Waals surface area contributed by atoms with Gasteiger partial charge in [-0.05, 0) is 94.3 Å². The summed E-state index contributed by atoms with van der Waals surface area (Å²) in [5.74, 6) is -0.257. The monoisotopic (exact) mass is 676 g/mol. The summed E-state index contributed by atoms with van der Waals surface area (Å²) < 4.78 is 20.0. The third-order valence-electron chi connectivity index (χ3n) is 8.03. The maximum absolute atomic E-state index is 14.4. The molecule has 3 aromatic carbocycles. The molecule has 5 aromatic rings. The highest BCUT2D eigenvalue weighted by Gasteiger charge is 2.33. The number of thiazole rings is 1. The van der Waals surface area contributed by atoms with Crippen LogP contribution in [0, 0.1) is 6.92 Å². The fourth-order valence-electron chi connectivity index (χ4n) is 5.78. The van der Waals surface area contributed by atoms with Crippen LogP contribution in [0.1, 0.15) is 60.8 Å². The van der Waals surface area contributed by atoms with E-state index in [1.54, 1.807) is 42.8 Å². The van der Waals surface area contributed by atoms with E-state index in [1.165, 1.54) is 23.0 Å². The Morgan fingerprint density at radius 3 is 2.39 bits per heavy atom. The average Bonchev–Trinajstić information content (AvgIpc) is 3.65. The highest BCUT2D eigenvalue weighted by atomic mass is 32.1. The van der Waals surface area contributed by atoms with Crippen LogP contribution in [-0.4, -0.2) is 46.1 Å². The number of nitrogens with zero attached hydrogens (tertiary/aromatic N) is 4. The molecule has 11 heteroatoms. The van der Waals surface area contributed by atoms with E-state index in [-0.39, 0.29) is 23.8 Å². The number of esters is 2. The molecule has 6 rings (SSSR count). The second-order valence-corrected chi connectivity index (χ2v) is 12.8. The number of carbonyl (C=O) groups is 2. The van der Waals surface area contributed by atoms with Gasteiger partial charge in [-0.3, -0.25) is 9.36 Å². The van der Waals surface area contributed by atoms with Crippen LogP contribution in [-0.2, 0) is 14.3 Å². The van der Waals surface area contributed by atoms with Crippen LogP contribution >= 0.6 is 11.3 Å². The molecule has 0 radical (unpaired) electrons. The molecule has 49 heavy (non-hydrogen) atoms. The molecule has 0 amide bonds. The smallest absolute Gasteiger partial charge is 0.338 e. The molecule has 2 aromatic heterocycles. The molecule has 0 fully saturated rings. The minimum Gasteiger partial charge on any atom is -0.491 e. The second kappa shape index (κ2) is 13.9. The molecule has 0 aliphatic carbocycles. The Hall–Kier alpha value is -5.55. The number of carbonyl (C=O) groups excluding carboxylic acids is 2. The van der Waals surface area contributed by atoms with Crippen molar-refractivity contribution in [3.8, 4) is 22.7 Å². The lowest BCUT2D eigenvalue weighted by atomic mass is 9.95. The van der Waals surface area contributed by atoms with E-state index in [9.17, 15) is 14.4 Å². The third-order valence-corrected chi connectivity index (χ3v) is 9.01. The summed E-state index contributed by atoms with van der Waals surface area (Å²) in [6, 6.07) is 21.5. The fraction of sp³-hybridized carbons (Fsp3) is 0.237. The van der Waals surface area contributed by atoms with Crippen molar-refractivity contribution in [2.75, 3.05) is 13.7 Å². The number of methoxy groups -OCH3 is 1. The zero-order chi connectivity index (χ0) is 34.8. The van der Waals surface area contributed by atoms with Crippen molar-refractivity contribution in [2.45, 2.75) is 46.8 Å². The minimum absolute atomic E-state index is 0.0334. The van der Waals surface area contributed by atoms with Crippen LogP contribution in [0.3, 0.4) is 0 Å². The van der Waals surface area contributed by atoms with E-state index >= 15 is 0 Å².